The van der Waals surface area contributed by atoms with E-state index in [1.54, 1.807) is 11.8 Å². The predicted octanol–water partition coefficient (Wildman–Crippen LogP) is 2.74. The highest BCUT2D eigenvalue weighted by atomic mass is 16.2. The first-order valence-electron chi connectivity index (χ1n) is 10.9. The van der Waals surface area contributed by atoms with Crippen molar-refractivity contribution < 1.29 is 14.4 Å². The van der Waals surface area contributed by atoms with Crippen LogP contribution < -0.4 is 10.6 Å². The number of fused-ring (bicyclic) bond motifs is 1. The first-order chi connectivity index (χ1) is 14.8. The highest BCUT2D eigenvalue weighted by Gasteiger charge is 2.48. The molecule has 2 N–H and O–H groups in total. The summed E-state index contributed by atoms with van der Waals surface area (Å²) in [5.41, 5.74) is 1.17. The largest absolute Gasteiger partial charge is 0.351 e. The minimum Gasteiger partial charge on any atom is -0.351 e. The van der Waals surface area contributed by atoms with Gasteiger partial charge in [-0.25, -0.2) is 0 Å². The average molecular weight is 424 g/mol. The SMILES string of the molecule is CCN1C(=O)c2cc(C(=O)Nc3ccc(C)cc3)nn2CC1(C)C(=O)NC1CCCC1. The van der Waals surface area contributed by atoms with E-state index < -0.39 is 11.4 Å². The van der Waals surface area contributed by atoms with E-state index in [1.807, 2.05) is 38.1 Å². The molecule has 4 rings (SSSR count). The Kier molecular flexibility index (Phi) is 5.56. The van der Waals surface area contributed by atoms with Crippen molar-refractivity contribution in [1.82, 2.24) is 20.0 Å². The molecule has 164 valence electrons. The lowest BCUT2D eigenvalue weighted by Gasteiger charge is -2.43. The van der Waals surface area contributed by atoms with Gasteiger partial charge >= 0.3 is 0 Å². The summed E-state index contributed by atoms with van der Waals surface area (Å²) in [4.78, 5) is 40.7. The molecule has 0 spiro atoms. The number of benzene rings is 1. The first kappa shape index (κ1) is 21.1. The van der Waals surface area contributed by atoms with Crippen LogP contribution in [-0.2, 0) is 11.3 Å². The molecule has 0 saturated heterocycles. The number of anilines is 1. The molecule has 31 heavy (non-hydrogen) atoms. The number of carbonyl (C=O) groups excluding carboxylic acids is 3. The maximum atomic E-state index is 13.2. The Balaban J connectivity index is 1.57. The van der Waals surface area contributed by atoms with Crippen molar-refractivity contribution in [3.05, 3.63) is 47.3 Å². The fourth-order valence-corrected chi connectivity index (χ4v) is 4.49. The minimum absolute atomic E-state index is 0.153. The Morgan fingerprint density at radius 3 is 2.52 bits per heavy atom. The number of hydrogen-bond acceptors (Lipinski definition) is 4. The molecular formula is C23H29N5O3. The number of aromatic nitrogens is 2. The van der Waals surface area contributed by atoms with Crippen LogP contribution in [0.3, 0.4) is 0 Å². The van der Waals surface area contributed by atoms with Crippen molar-refractivity contribution in [3.8, 4) is 0 Å². The zero-order valence-electron chi connectivity index (χ0n) is 18.3. The Labute approximate surface area is 182 Å². The van der Waals surface area contributed by atoms with Crippen LogP contribution in [0.15, 0.2) is 30.3 Å². The standard InChI is InChI=1S/C23H29N5O3/c1-4-27-21(30)19-13-18(20(29)24-17-11-9-15(2)10-12-17)26-28(19)14-23(27,3)22(31)25-16-7-5-6-8-16/h9-13,16H,4-8,14H2,1-3H3,(H,24,29)(H,25,31). The van der Waals surface area contributed by atoms with Crippen LogP contribution in [0.4, 0.5) is 5.69 Å². The molecule has 8 nitrogen and oxygen atoms in total. The number of nitrogens with zero attached hydrogens (tertiary/aromatic N) is 3. The van der Waals surface area contributed by atoms with Crippen molar-refractivity contribution in [2.75, 3.05) is 11.9 Å². The van der Waals surface area contributed by atoms with Crippen molar-refractivity contribution in [2.24, 2.45) is 0 Å². The van der Waals surface area contributed by atoms with Crippen LogP contribution in [0.5, 0.6) is 0 Å². The molecule has 2 aliphatic rings. The van der Waals surface area contributed by atoms with Gasteiger partial charge < -0.3 is 15.5 Å². The van der Waals surface area contributed by atoms with E-state index in [0.29, 0.717) is 17.9 Å². The van der Waals surface area contributed by atoms with E-state index in [2.05, 4.69) is 15.7 Å². The van der Waals surface area contributed by atoms with Gasteiger partial charge in [0.2, 0.25) is 5.91 Å². The van der Waals surface area contributed by atoms with Crippen LogP contribution in [-0.4, -0.2) is 50.5 Å². The second kappa shape index (κ2) is 8.17. The topological polar surface area (TPSA) is 96.3 Å². The summed E-state index contributed by atoms with van der Waals surface area (Å²) in [6.45, 7) is 6.20. The van der Waals surface area contributed by atoms with E-state index in [1.165, 1.54) is 10.7 Å². The lowest BCUT2D eigenvalue weighted by molar-refractivity contribution is -0.133. The molecule has 0 bridgehead atoms. The van der Waals surface area contributed by atoms with Crippen LogP contribution in [0.25, 0.3) is 0 Å². The Morgan fingerprint density at radius 2 is 1.87 bits per heavy atom. The molecule has 1 aromatic heterocycles. The quantitative estimate of drug-likeness (QED) is 0.773. The summed E-state index contributed by atoms with van der Waals surface area (Å²) >= 11 is 0. The zero-order chi connectivity index (χ0) is 22.2. The van der Waals surface area contributed by atoms with Gasteiger partial charge in [-0.1, -0.05) is 30.5 Å². The lowest BCUT2D eigenvalue weighted by Crippen LogP contribution is -2.64. The third-order valence-corrected chi connectivity index (χ3v) is 6.34. The molecule has 2 aromatic rings. The van der Waals surface area contributed by atoms with Crippen LogP contribution >= 0.6 is 0 Å². The first-order valence-corrected chi connectivity index (χ1v) is 10.9. The fraction of sp³-hybridized carbons (Fsp3) is 0.478. The van der Waals surface area contributed by atoms with Gasteiger partial charge in [0.1, 0.15) is 11.2 Å². The molecule has 1 fully saturated rings. The predicted molar refractivity (Wildman–Crippen MR) is 117 cm³/mol. The van der Waals surface area contributed by atoms with Gasteiger partial charge in [0.25, 0.3) is 11.8 Å². The van der Waals surface area contributed by atoms with Gasteiger partial charge in [0.15, 0.2) is 5.69 Å². The van der Waals surface area contributed by atoms with Gasteiger partial charge in [0, 0.05) is 24.3 Å². The highest BCUT2D eigenvalue weighted by Crippen LogP contribution is 2.28. The Bertz CT molecular complexity index is 1010. The maximum Gasteiger partial charge on any atom is 0.276 e. The summed E-state index contributed by atoms with van der Waals surface area (Å²) in [7, 11) is 0. The lowest BCUT2D eigenvalue weighted by atomic mass is 9.94. The van der Waals surface area contributed by atoms with Gasteiger partial charge in [-0.15, -0.1) is 0 Å². The molecule has 3 amide bonds. The van der Waals surface area contributed by atoms with E-state index >= 15 is 0 Å². The average Bonchev–Trinajstić information content (AvgIpc) is 3.40. The number of carbonyl (C=O) groups is 3. The van der Waals surface area contributed by atoms with Crippen molar-refractivity contribution in [3.63, 3.8) is 0 Å². The molecule has 1 aromatic carbocycles. The molecule has 1 aliphatic heterocycles. The van der Waals surface area contributed by atoms with Gasteiger partial charge in [-0.05, 0) is 45.7 Å². The second-order valence-corrected chi connectivity index (χ2v) is 8.67. The zero-order valence-corrected chi connectivity index (χ0v) is 18.3. The molecule has 1 atom stereocenters. The number of nitrogens with one attached hydrogen (secondary N) is 2. The summed E-state index contributed by atoms with van der Waals surface area (Å²) in [5.74, 6) is -0.847. The van der Waals surface area contributed by atoms with E-state index in [-0.39, 0.29) is 30.1 Å². The van der Waals surface area contributed by atoms with Crippen LogP contribution in [0.1, 0.15) is 66.1 Å². The molecule has 1 unspecified atom stereocenters. The van der Waals surface area contributed by atoms with Crippen LogP contribution in [0, 0.1) is 6.92 Å². The number of likely N-dealkylation sites (N-methyl/N-ethyl adjacent to an activating group) is 1. The van der Waals surface area contributed by atoms with Crippen molar-refractivity contribution in [2.45, 2.75) is 64.6 Å². The molecule has 8 heteroatoms. The van der Waals surface area contributed by atoms with Gasteiger partial charge in [0.05, 0.1) is 6.54 Å². The van der Waals surface area contributed by atoms with Crippen molar-refractivity contribution >= 4 is 23.4 Å². The molecule has 0 radical (unpaired) electrons. The third kappa shape index (κ3) is 3.94. The molecule has 2 heterocycles. The second-order valence-electron chi connectivity index (χ2n) is 8.67. The summed E-state index contributed by atoms with van der Waals surface area (Å²) < 4.78 is 1.49. The normalized spacial score (nSPS) is 21.1. The number of rotatable bonds is 5. The van der Waals surface area contributed by atoms with E-state index in [9.17, 15) is 14.4 Å². The maximum absolute atomic E-state index is 13.2. The van der Waals surface area contributed by atoms with Gasteiger partial charge in [-0.2, -0.15) is 5.10 Å². The number of aryl methyl sites for hydroxylation is 1. The molecular weight excluding hydrogens is 394 g/mol. The van der Waals surface area contributed by atoms with E-state index in [0.717, 1.165) is 31.2 Å². The van der Waals surface area contributed by atoms with Crippen molar-refractivity contribution in [1.29, 1.82) is 0 Å². The van der Waals surface area contributed by atoms with E-state index in [4.69, 9.17) is 0 Å². The number of amides is 3. The summed E-state index contributed by atoms with van der Waals surface area (Å²) in [6, 6.07) is 9.11. The molecule has 1 saturated carbocycles. The Morgan fingerprint density at radius 1 is 1.19 bits per heavy atom. The number of hydrogen-bond donors (Lipinski definition) is 2. The summed E-state index contributed by atoms with van der Waals surface area (Å²) in [6.07, 6.45) is 4.16. The molecule has 1 aliphatic carbocycles. The fourth-order valence-electron chi connectivity index (χ4n) is 4.49. The highest BCUT2D eigenvalue weighted by molar-refractivity contribution is 6.05. The minimum atomic E-state index is -1.06. The smallest absolute Gasteiger partial charge is 0.276 e. The monoisotopic (exact) mass is 423 g/mol. The Hall–Kier alpha value is -3.16. The van der Waals surface area contributed by atoms with Crippen LogP contribution in [0.2, 0.25) is 0 Å². The third-order valence-electron chi connectivity index (χ3n) is 6.34. The van der Waals surface area contributed by atoms with Gasteiger partial charge in [-0.3, -0.25) is 19.1 Å². The summed E-state index contributed by atoms with van der Waals surface area (Å²) in [5, 5.41) is 10.3.